The number of rotatable bonds is 2. The second kappa shape index (κ2) is 6.65. The highest BCUT2D eigenvalue weighted by Crippen LogP contribution is 2.48. The van der Waals surface area contributed by atoms with Gasteiger partial charge < -0.3 is 14.9 Å². The number of carbonyl (C=O) groups excluding carboxylic acids is 1. The topological polar surface area (TPSA) is 70.0 Å². The summed E-state index contributed by atoms with van der Waals surface area (Å²) >= 11 is 0. The van der Waals surface area contributed by atoms with Gasteiger partial charge in [-0.2, -0.15) is 0 Å². The second-order valence-electron chi connectivity index (χ2n) is 7.17. The number of hydrogen-bond acceptors (Lipinski definition) is 5. The number of phenolic OH excluding ortho intramolecular Hbond substituents is 2. The molecule has 26 heavy (non-hydrogen) atoms. The molecule has 0 radical (unpaired) electrons. The monoisotopic (exact) mass is 353 g/mol. The molecule has 5 nitrogen and oxygen atoms in total. The van der Waals surface area contributed by atoms with Gasteiger partial charge in [0.15, 0.2) is 5.78 Å². The number of ketones is 1. The first-order valence-corrected chi connectivity index (χ1v) is 9.10. The number of benzene rings is 2. The highest BCUT2D eigenvalue weighted by atomic mass is 16.5. The minimum Gasteiger partial charge on any atom is -0.507 e. The Hall–Kier alpha value is -2.53. The molecule has 2 aromatic rings. The van der Waals surface area contributed by atoms with Crippen LogP contribution in [-0.4, -0.2) is 34.5 Å². The lowest BCUT2D eigenvalue weighted by Crippen LogP contribution is -2.30. The Balaban J connectivity index is 1.74. The standard InChI is InChI=1S/C21H23NO4/c1-22-10-6-5-9-14(22)19-15(23)12-18-20(21(19)25)16(24)11-17(26-18)13-7-3-2-4-8-13/h2-4,7-8,12,14,17,23,25H,5-6,9-11H2,1H3. The molecule has 5 heteroatoms. The molecule has 0 spiro atoms. The van der Waals surface area contributed by atoms with Crippen molar-refractivity contribution in [3.8, 4) is 17.2 Å². The van der Waals surface area contributed by atoms with E-state index in [1.54, 1.807) is 0 Å². The molecule has 2 N–H and O–H groups in total. The van der Waals surface area contributed by atoms with Crippen molar-refractivity contribution in [2.45, 2.75) is 37.8 Å². The number of Topliss-reactive ketones (excluding diaryl/α,β-unsaturated/α-hetero) is 1. The van der Waals surface area contributed by atoms with Gasteiger partial charge >= 0.3 is 0 Å². The van der Waals surface area contributed by atoms with Crippen LogP contribution >= 0.6 is 0 Å². The van der Waals surface area contributed by atoms with E-state index in [1.807, 2.05) is 37.4 Å². The maximum absolute atomic E-state index is 12.8. The molecule has 2 unspecified atom stereocenters. The lowest BCUT2D eigenvalue weighted by molar-refractivity contribution is 0.0842. The second-order valence-corrected chi connectivity index (χ2v) is 7.17. The van der Waals surface area contributed by atoms with E-state index in [9.17, 15) is 15.0 Å². The highest BCUT2D eigenvalue weighted by Gasteiger charge is 2.35. The van der Waals surface area contributed by atoms with Crippen LogP contribution in [-0.2, 0) is 0 Å². The van der Waals surface area contributed by atoms with Gasteiger partial charge in [-0.3, -0.25) is 9.69 Å². The number of fused-ring (bicyclic) bond motifs is 1. The van der Waals surface area contributed by atoms with Crippen LogP contribution in [0.25, 0.3) is 0 Å². The fourth-order valence-corrected chi connectivity index (χ4v) is 4.10. The Bertz CT molecular complexity index is 834. The quantitative estimate of drug-likeness (QED) is 0.855. The van der Waals surface area contributed by atoms with Gasteiger partial charge in [0.2, 0.25) is 0 Å². The number of nitrogens with zero attached hydrogens (tertiary/aromatic N) is 1. The van der Waals surface area contributed by atoms with Crippen LogP contribution in [0.4, 0.5) is 0 Å². The smallest absolute Gasteiger partial charge is 0.174 e. The molecule has 1 saturated heterocycles. The number of carbonyl (C=O) groups is 1. The van der Waals surface area contributed by atoms with Crippen LogP contribution in [0.15, 0.2) is 36.4 Å². The zero-order valence-corrected chi connectivity index (χ0v) is 14.8. The van der Waals surface area contributed by atoms with Crippen LogP contribution in [0.2, 0.25) is 0 Å². The predicted octanol–water partition coefficient (Wildman–Crippen LogP) is 3.96. The van der Waals surface area contributed by atoms with Crippen molar-refractivity contribution in [3.63, 3.8) is 0 Å². The third-order valence-electron chi connectivity index (χ3n) is 5.48. The van der Waals surface area contributed by atoms with Crippen molar-refractivity contribution >= 4 is 5.78 Å². The number of aromatic hydroxyl groups is 2. The Morgan fingerprint density at radius 3 is 2.65 bits per heavy atom. The summed E-state index contributed by atoms with van der Waals surface area (Å²) in [7, 11) is 1.98. The minimum atomic E-state index is -0.404. The van der Waals surface area contributed by atoms with Crippen molar-refractivity contribution in [2.75, 3.05) is 13.6 Å². The first-order valence-electron chi connectivity index (χ1n) is 9.10. The van der Waals surface area contributed by atoms with Crippen molar-refractivity contribution < 1.29 is 19.7 Å². The van der Waals surface area contributed by atoms with Gasteiger partial charge in [0.25, 0.3) is 0 Å². The molecular formula is C21H23NO4. The van der Waals surface area contributed by atoms with Crippen LogP contribution in [0.5, 0.6) is 17.2 Å². The van der Waals surface area contributed by atoms with Crippen molar-refractivity contribution in [3.05, 3.63) is 53.1 Å². The zero-order valence-electron chi connectivity index (χ0n) is 14.8. The summed E-state index contributed by atoms with van der Waals surface area (Å²) in [5, 5.41) is 21.4. The maximum atomic E-state index is 12.8. The first-order chi connectivity index (χ1) is 12.6. The SMILES string of the molecule is CN1CCCCC1c1c(O)cc2c(c1O)C(=O)CC(c1ccccc1)O2. The lowest BCUT2D eigenvalue weighted by atomic mass is 9.89. The third kappa shape index (κ3) is 2.82. The van der Waals surface area contributed by atoms with Crippen molar-refractivity contribution in [1.29, 1.82) is 0 Å². The highest BCUT2D eigenvalue weighted by molar-refractivity contribution is 6.03. The summed E-state index contributed by atoms with van der Waals surface area (Å²) in [6.45, 7) is 0.904. The summed E-state index contributed by atoms with van der Waals surface area (Å²) < 4.78 is 5.96. The van der Waals surface area contributed by atoms with Crippen LogP contribution in [0.1, 0.15) is 59.3 Å². The van der Waals surface area contributed by atoms with E-state index >= 15 is 0 Å². The van der Waals surface area contributed by atoms with Gasteiger partial charge in [-0.25, -0.2) is 0 Å². The van der Waals surface area contributed by atoms with Crippen LogP contribution < -0.4 is 4.74 Å². The molecule has 2 heterocycles. The molecular weight excluding hydrogens is 330 g/mol. The number of phenols is 2. The van der Waals surface area contributed by atoms with Crippen molar-refractivity contribution in [1.82, 2.24) is 4.90 Å². The van der Waals surface area contributed by atoms with Crippen LogP contribution in [0.3, 0.4) is 0 Å². The number of ether oxygens (including phenoxy) is 1. The van der Waals surface area contributed by atoms with E-state index in [-0.39, 0.29) is 41.1 Å². The molecule has 1 fully saturated rings. The fraction of sp³-hybridized carbons (Fsp3) is 0.381. The third-order valence-corrected chi connectivity index (χ3v) is 5.48. The maximum Gasteiger partial charge on any atom is 0.174 e. The Labute approximate surface area is 152 Å². The van der Waals surface area contributed by atoms with Crippen molar-refractivity contribution in [2.24, 2.45) is 0 Å². The summed E-state index contributed by atoms with van der Waals surface area (Å²) in [5.41, 5.74) is 1.55. The molecule has 0 saturated carbocycles. The summed E-state index contributed by atoms with van der Waals surface area (Å²) in [5.74, 6) is -0.0404. The molecule has 2 aliphatic heterocycles. The minimum absolute atomic E-state index is 0.0125. The van der Waals surface area contributed by atoms with E-state index in [4.69, 9.17) is 4.74 Å². The van der Waals surface area contributed by atoms with Gasteiger partial charge in [-0.1, -0.05) is 36.8 Å². The molecule has 0 aliphatic carbocycles. The average molecular weight is 353 g/mol. The molecule has 2 aromatic carbocycles. The summed E-state index contributed by atoms with van der Waals surface area (Å²) in [6.07, 6.45) is 2.75. The predicted molar refractivity (Wildman–Crippen MR) is 97.8 cm³/mol. The number of piperidine rings is 1. The van der Waals surface area contributed by atoms with E-state index in [2.05, 4.69) is 4.90 Å². The molecule has 4 rings (SSSR count). The van der Waals surface area contributed by atoms with Gasteiger partial charge in [0.05, 0.1) is 12.0 Å². The first kappa shape index (κ1) is 16.9. The summed E-state index contributed by atoms with van der Waals surface area (Å²) in [4.78, 5) is 14.9. The van der Waals surface area contributed by atoms with E-state index in [0.717, 1.165) is 31.4 Å². The Morgan fingerprint density at radius 1 is 1.15 bits per heavy atom. The van der Waals surface area contributed by atoms with E-state index in [1.165, 1.54) is 6.07 Å². The van der Waals surface area contributed by atoms with Gasteiger partial charge in [-0.05, 0) is 32.0 Å². The van der Waals surface area contributed by atoms with Gasteiger partial charge in [-0.15, -0.1) is 0 Å². The van der Waals surface area contributed by atoms with Gasteiger partial charge in [0, 0.05) is 12.1 Å². The van der Waals surface area contributed by atoms with E-state index < -0.39 is 6.10 Å². The largest absolute Gasteiger partial charge is 0.507 e. The lowest BCUT2D eigenvalue weighted by Gasteiger charge is -2.35. The van der Waals surface area contributed by atoms with E-state index in [0.29, 0.717) is 5.56 Å². The van der Waals surface area contributed by atoms with Gasteiger partial charge in [0.1, 0.15) is 28.9 Å². The molecule has 0 amide bonds. The molecule has 0 bridgehead atoms. The number of hydrogen-bond donors (Lipinski definition) is 2. The molecule has 2 atom stereocenters. The molecule has 0 aromatic heterocycles. The molecule has 2 aliphatic rings. The normalized spacial score (nSPS) is 23.3. The fourth-order valence-electron chi connectivity index (χ4n) is 4.10. The average Bonchev–Trinajstić information content (AvgIpc) is 2.63. The zero-order chi connectivity index (χ0) is 18.3. The summed E-state index contributed by atoms with van der Waals surface area (Å²) in [6, 6.07) is 10.9. The van der Waals surface area contributed by atoms with Crippen LogP contribution in [0, 0.1) is 0 Å². The number of likely N-dealkylation sites (tertiary alicyclic amines) is 1. The Morgan fingerprint density at radius 2 is 1.92 bits per heavy atom. The molecule has 136 valence electrons. The Kier molecular flexibility index (Phi) is 4.32.